The molecule has 0 aliphatic carbocycles. The number of nitriles is 1. The highest BCUT2D eigenvalue weighted by atomic mass is 16.6. The molecule has 1 unspecified atom stereocenters. The fourth-order valence-corrected chi connectivity index (χ4v) is 3.88. The number of ether oxygens (including phenoxy) is 3. The zero-order chi connectivity index (χ0) is 24.4. The number of alkyl carbamates (subject to hydrolysis) is 1. The number of hydrogen-bond acceptors (Lipinski definition) is 7. The SMILES string of the molecule is CC(C)(C)OC(=O)NCCCCOCCNc1cc(CC#N)cc2c1cnn2C1CCCCO1. The summed E-state index contributed by atoms with van der Waals surface area (Å²) in [5.41, 5.74) is 2.41. The number of carbonyl (C=O) groups is 1. The Morgan fingerprint density at radius 3 is 2.85 bits per heavy atom. The number of unbranched alkanes of at least 4 members (excludes halogenated alkanes) is 1. The Bertz CT molecular complexity index is 970. The van der Waals surface area contributed by atoms with Gasteiger partial charge in [-0.05, 0) is 70.6 Å². The number of carbonyl (C=O) groups excluding carboxylic acids is 1. The molecule has 1 aliphatic heterocycles. The average Bonchev–Trinajstić information content (AvgIpc) is 3.21. The van der Waals surface area contributed by atoms with Gasteiger partial charge in [-0.2, -0.15) is 10.4 Å². The third-order valence-corrected chi connectivity index (χ3v) is 5.43. The molecular weight excluding hydrogens is 434 g/mol. The number of nitrogens with zero attached hydrogens (tertiary/aromatic N) is 3. The van der Waals surface area contributed by atoms with Crippen LogP contribution in [0.15, 0.2) is 18.3 Å². The molecule has 0 radical (unpaired) electrons. The summed E-state index contributed by atoms with van der Waals surface area (Å²) >= 11 is 0. The summed E-state index contributed by atoms with van der Waals surface area (Å²) in [5, 5.41) is 21.0. The van der Waals surface area contributed by atoms with Gasteiger partial charge in [0.1, 0.15) is 5.60 Å². The normalized spacial score (nSPS) is 16.2. The average molecular weight is 472 g/mol. The highest BCUT2D eigenvalue weighted by molar-refractivity contribution is 5.92. The second kappa shape index (κ2) is 12.6. The summed E-state index contributed by atoms with van der Waals surface area (Å²) in [5.74, 6) is 0. The van der Waals surface area contributed by atoms with Gasteiger partial charge < -0.3 is 24.8 Å². The van der Waals surface area contributed by atoms with E-state index in [1.807, 2.05) is 43.8 Å². The van der Waals surface area contributed by atoms with Crippen LogP contribution in [0.4, 0.5) is 10.5 Å². The van der Waals surface area contributed by atoms with Gasteiger partial charge in [-0.15, -0.1) is 0 Å². The van der Waals surface area contributed by atoms with Crippen LogP contribution in [0.25, 0.3) is 10.9 Å². The molecule has 0 saturated carbocycles. The zero-order valence-corrected chi connectivity index (χ0v) is 20.6. The molecule has 1 fully saturated rings. The molecule has 186 valence electrons. The van der Waals surface area contributed by atoms with E-state index in [0.717, 1.165) is 60.9 Å². The predicted octanol–water partition coefficient (Wildman–Crippen LogP) is 4.53. The van der Waals surface area contributed by atoms with Gasteiger partial charge in [0.25, 0.3) is 0 Å². The first-order valence-corrected chi connectivity index (χ1v) is 12.1. The molecule has 1 aromatic heterocycles. The lowest BCUT2D eigenvalue weighted by Gasteiger charge is -2.23. The number of aromatic nitrogens is 2. The molecule has 1 atom stereocenters. The Hall–Kier alpha value is -2.83. The van der Waals surface area contributed by atoms with E-state index in [0.29, 0.717) is 32.7 Å². The summed E-state index contributed by atoms with van der Waals surface area (Å²) in [7, 11) is 0. The molecular formula is C25H37N5O4. The Morgan fingerprint density at radius 1 is 1.26 bits per heavy atom. The quantitative estimate of drug-likeness (QED) is 0.463. The standard InChI is InChI=1S/C25H37N5O4/c1-25(2,3)34-24(31)28-11-5-7-13-32-15-12-27-21-16-19(9-10-26)17-22-20(21)18-29-30(22)23-8-4-6-14-33-23/h16-18,23,27H,4-9,11-15H2,1-3H3,(H,28,31). The monoisotopic (exact) mass is 471 g/mol. The molecule has 0 spiro atoms. The van der Waals surface area contributed by atoms with E-state index in [2.05, 4.69) is 21.8 Å². The minimum absolute atomic E-state index is 0.0513. The van der Waals surface area contributed by atoms with Crippen LogP contribution in [0.1, 0.15) is 64.7 Å². The number of rotatable bonds is 11. The van der Waals surface area contributed by atoms with Gasteiger partial charge in [0.2, 0.25) is 0 Å². The van der Waals surface area contributed by atoms with Crippen molar-refractivity contribution in [2.45, 2.75) is 71.1 Å². The van der Waals surface area contributed by atoms with Crippen molar-refractivity contribution in [3.63, 3.8) is 0 Å². The Balaban J connectivity index is 1.44. The van der Waals surface area contributed by atoms with Gasteiger partial charge in [-0.3, -0.25) is 0 Å². The van der Waals surface area contributed by atoms with Gasteiger partial charge in [0, 0.05) is 37.4 Å². The van der Waals surface area contributed by atoms with Crippen LogP contribution >= 0.6 is 0 Å². The summed E-state index contributed by atoms with van der Waals surface area (Å²) in [6.45, 7) is 8.68. The van der Waals surface area contributed by atoms with Crippen molar-refractivity contribution < 1.29 is 19.0 Å². The minimum atomic E-state index is -0.484. The third kappa shape index (κ3) is 7.89. The van der Waals surface area contributed by atoms with E-state index < -0.39 is 5.60 Å². The van der Waals surface area contributed by atoms with Gasteiger partial charge in [-0.25, -0.2) is 9.48 Å². The maximum Gasteiger partial charge on any atom is 0.407 e. The highest BCUT2D eigenvalue weighted by Gasteiger charge is 2.20. The van der Waals surface area contributed by atoms with E-state index in [-0.39, 0.29) is 12.3 Å². The molecule has 2 N–H and O–H groups in total. The molecule has 2 aromatic rings. The van der Waals surface area contributed by atoms with Crippen LogP contribution < -0.4 is 10.6 Å². The smallest absolute Gasteiger partial charge is 0.407 e. The fourth-order valence-electron chi connectivity index (χ4n) is 3.88. The Morgan fingerprint density at radius 2 is 2.12 bits per heavy atom. The van der Waals surface area contributed by atoms with Crippen molar-refractivity contribution in [2.75, 3.05) is 38.2 Å². The molecule has 1 aliphatic rings. The van der Waals surface area contributed by atoms with Crippen molar-refractivity contribution in [3.8, 4) is 6.07 Å². The summed E-state index contributed by atoms with van der Waals surface area (Å²) in [6.07, 6.45) is 6.61. The first-order valence-electron chi connectivity index (χ1n) is 12.1. The number of benzene rings is 1. The lowest BCUT2D eigenvalue weighted by atomic mass is 10.1. The lowest BCUT2D eigenvalue weighted by Crippen LogP contribution is -2.33. The molecule has 3 rings (SSSR count). The zero-order valence-electron chi connectivity index (χ0n) is 20.6. The third-order valence-electron chi connectivity index (χ3n) is 5.43. The summed E-state index contributed by atoms with van der Waals surface area (Å²) < 4.78 is 18.8. The number of nitrogens with one attached hydrogen (secondary N) is 2. The van der Waals surface area contributed by atoms with Crippen molar-refractivity contribution >= 4 is 22.7 Å². The van der Waals surface area contributed by atoms with Crippen LogP contribution in [0.2, 0.25) is 0 Å². The van der Waals surface area contributed by atoms with E-state index in [1.165, 1.54) is 0 Å². The maximum atomic E-state index is 11.6. The lowest BCUT2D eigenvalue weighted by molar-refractivity contribution is -0.0366. The minimum Gasteiger partial charge on any atom is -0.444 e. The van der Waals surface area contributed by atoms with Crippen molar-refractivity contribution in [2.24, 2.45) is 0 Å². The van der Waals surface area contributed by atoms with E-state index >= 15 is 0 Å². The molecule has 0 bridgehead atoms. The molecule has 9 nitrogen and oxygen atoms in total. The first kappa shape index (κ1) is 25.8. The van der Waals surface area contributed by atoms with Crippen LogP contribution in [0.3, 0.4) is 0 Å². The first-order chi connectivity index (χ1) is 16.4. The van der Waals surface area contributed by atoms with Crippen LogP contribution in [-0.4, -0.2) is 54.4 Å². The predicted molar refractivity (Wildman–Crippen MR) is 131 cm³/mol. The second-order valence-electron chi connectivity index (χ2n) is 9.50. The topological polar surface area (TPSA) is 110 Å². The van der Waals surface area contributed by atoms with Crippen molar-refractivity contribution in [1.29, 1.82) is 5.26 Å². The van der Waals surface area contributed by atoms with Gasteiger partial charge in [0.05, 0.1) is 30.8 Å². The maximum absolute atomic E-state index is 11.6. The second-order valence-corrected chi connectivity index (χ2v) is 9.50. The molecule has 1 saturated heterocycles. The summed E-state index contributed by atoms with van der Waals surface area (Å²) in [6, 6.07) is 6.29. The van der Waals surface area contributed by atoms with E-state index in [1.54, 1.807) is 0 Å². The molecule has 9 heteroatoms. The van der Waals surface area contributed by atoms with Gasteiger partial charge in [0.15, 0.2) is 6.23 Å². The molecule has 34 heavy (non-hydrogen) atoms. The Labute approximate surface area is 201 Å². The number of hydrogen-bond donors (Lipinski definition) is 2. The highest BCUT2D eigenvalue weighted by Crippen LogP contribution is 2.31. The van der Waals surface area contributed by atoms with E-state index in [4.69, 9.17) is 14.2 Å². The van der Waals surface area contributed by atoms with Crippen molar-refractivity contribution in [1.82, 2.24) is 15.1 Å². The van der Waals surface area contributed by atoms with E-state index in [9.17, 15) is 10.1 Å². The molecule has 2 heterocycles. The summed E-state index contributed by atoms with van der Waals surface area (Å²) in [4.78, 5) is 11.6. The fraction of sp³-hybridized carbons (Fsp3) is 0.640. The van der Waals surface area contributed by atoms with Crippen LogP contribution in [-0.2, 0) is 20.6 Å². The van der Waals surface area contributed by atoms with Gasteiger partial charge in [-0.1, -0.05) is 0 Å². The van der Waals surface area contributed by atoms with Gasteiger partial charge >= 0.3 is 6.09 Å². The number of amides is 1. The largest absolute Gasteiger partial charge is 0.444 e. The van der Waals surface area contributed by atoms with Crippen LogP contribution in [0.5, 0.6) is 0 Å². The number of anilines is 1. The van der Waals surface area contributed by atoms with Crippen LogP contribution in [0, 0.1) is 11.3 Å². The van der Waals surface area contributed by atoms with Crippen molar-refractivity contribution in [3.05, 3.63) is 23.9 Å². The molecule has 1 aromatic carbocycles. The molecule has 1 amide bonds. The Kier molecular flexibility index (Phi) is 9.54. The number of fused-ring (bicyclic) bond motifs is 1.